The van der Waals surface area contributed by atoms with Gasteiger partial charge in [0.05, 0.1) is 0 Å². The molecule has 2 heterocycles. The van der Waals surface area contributed by atoms with Gasteiger partial charge in [0.15, 0.2) is 18.1 Å². The van der Waals surface area contributed by atoms with Crippen LogP contribution in [0.3, 0.4) is 0 Å². The van der Waals surface area contributed by atoms with Crippen molar-refractivity contribution in [2.45, 2.75) is 12.8 Å². The Hall–Kier alpha value is -2.50. The summed E-state index contributed by atoms with van der Waals surface area (Å²) in [4.78, 5) is 25.1. The fraction of sp³-hybridized carbons (Fsp3) is 0.375. The highest BCUT2D eigenvalue weighted by Gasteiger charge is 2.18. The Balaban J connectivity index is 1.49. The molecule has 2 aliphatic rings. The minimum atomic E-state index is -0.537. The van der Waals surface area contributed by atoms with Crippen LogP contribution in [-0.2, 0) is 14.3 Å². The van der Waals surface area contributed by atoms with Gasteiger partial charge in [0.25, 0.3) is 5.91 Å². The minimum absolute atomic E-state index is 0.137. The summed E-state index contributed by atoms with van der Waals surface area (Å²) in [7, 11) is 0. The third kappa shape index (κ3) is 3.39. The molecule has 0 radical (unpaired) electrons. The Morgan fingerprint density at radius 3 is 2.77 bits per heavy atom. The van der Waals surface area contributed by atoms with Gasteiger partial charge in [0, 0.05) is 19.2 Å². The van der Waals surface area contributed by atoms with E-state index in [1.165, 1.54) is 6.08 Å². The summed E-state index contributed by atoms with van der Waals surface area (Å²) in [5.74, 6) is 0.670. The predicted octanol–water partition coefficient (Wildman–Crippen LogP) is 1.59. The van der Waals surface area contributed by atoms with E-state index in [4.69, 9.17) is 14.2 Å². The number of amides is 1. The summed E-state index contributed by atoms with van der Waals surface area (Å²) in [6, 6.07) is 5.37. The van der Waals surface area contributed by atoms with Gasteiger partial charge in [-0.2, -0.15) is 0 Å². The second-order valence-electron chi connectivity index (χ2n) is 5.14. The van der Waals surface area contributed by atoms with Crippen LogP contribution in [0.2, 0.25) is 0 Å². The topological polar surface area (TPSA) is 65.1 Å². The van der Waals surface area contributed by atoms with Gasteiger partial charge < -0.3 is 19.1 Å². The fourth-order valence-electron chi connectivity index (χ4n) is 2.42. The number of nitrogens with zero attached hydrogens (tertiary/aromatic N) is 1. The highest BCUT2D eigenvalue weighted by atomic mass is 16.7. The van der Waals surface area contributed by atoms with E-state index >= 15 is 0 Å². The fourth-order valence-corrected chi connectivity index (χ4v) is 2.42. The van der Waals surface area contributed by atoms with Gasteiger partial charge in [-0.1, -0.05) is 6.07 Å². The lowest BCUT2D eigenvalue weighted by atomic mass is 10.2. The first-order valence-electron chi connectivity index (χ1n) is 7.24. The Kier molecular flexibility index (Phi) is 4.27. The lowest BCUT2D eigenvalue weighted by molar-refractivity contribution is -0.147. The number of fused-ring (bicyclic) bond motifs is 1. The Morgan fingerprint density at radius 2 is 1.95 bits per heavy atom. The molecule has 0 aliphatic carbocycles. The highest BCUT2D eigenvalue weighted by molar-refractivity contribution is 5.89. The van der Waals surface area contributed by atoms with Crippen molar-refractivity contribution in [3.05, 3.63) is 29.8 Å². The van der Waals surface area contributed by atoms with E-state index in [1.807, 2.05) is 6.07 Å². The van der Waals surface area contributed by atoms with Crippen LogP contribution in [0.25, 0.3) is 6.08 Å². The van der Waals surface area contributed by atoms with Crippen molar-refractivity contribution in [1.82, 2.24) is 4.90 Å². The normalized spacial score (nSPS) is 16.3. The SMILES string of the molecule is O=C(C=Cc1ccc2c(c1)OCO2)OCC(=O)N1CCCC1. The quantitative estimate of drug-likeness (QED) is 0.624. The van der Waals surface area contributed by atoms with E-state index in [0.717, 1.165) is 31.5 Å². The van der Waals surface area contributed by atoms with Gasteiger partial charge in [0.2, 0.25) is 6.79 Å². The third-order valence-electron chi connectivity index (χ3n) is 3.61. The molecule has 1 aromatic rings. The number of hydrogen-bond acceptors (Lipinski definition) is 5. The third-order valence-corrected chi connectivity index (χ3v) is 3.61. The van der Waals surface area contributed by atoms with Gasteiger partial charge in [-0.05, 0) is 36.6 Å². The van der Waals surface area contributed by atoms with Crippen molar-refractivity contribution >= 4 is 18.0 Å². The largest absolute Gasteiger partial charge is 0.454 e. The van der Waals surface area contributed by atoms with Crippen LogP contribution in [0, 0.1) is 0 Å². The molecule has 1 saturated heterocycles. The van der Waals surface area contributed by atoms with E-state index in [-0.39, 0.29) is 19.3 Å². The molecular weight excluding hydrogens is 286 g/mol. The van der Waals surface area contributed by atoms with E-state index < -0.39 is 5.97 Å². The monoisotopic (exact) mass is 303 g/mol. The number of esters is 1. The molecule has 22 heavy (non-hydrogen) atoms. The van der Waals surface area contributed by atoms with E-state index in [9.17, 15) is 9.59 Å². The summed E-state index contributed by atoms with van der Waals surface area (Å²) < 4.78 is 15.4. The van der Waals surface area contributed by atoms with Gasteiger partial charge in [0.1, 0.15) is 0 Å². The second kappa shape index (κ2) is 6.51. The molecule has 0 aromatic heterocycles. The van der Waals surface area contributed by atoms with Crippen LogP contribution in [0.1, 0.15) is 18.4 Å². The first-order valence-corrected chi connectivity index (χ1v) is 7.24. The molecule has 3 rings (SSSR count). The average molecular weight is 303 g/mol. The smallest absolute Gasteiger partial charge is 0.331 e. The van der Waals surface area contributed by atoms with E-state index in [1.54, 1.807) is 23.1 Å². The zero-order valence-electron chi connectivity index (χ0n) is 12.1. The number of hydrogen-bond donors (Lipinski definition) is 0. The molecular formula is C16H17NO5. The van der Waals surface area contributed by atoms with Crippen molar-refractivity contribution in [3.63, 3.8) is 0 Å². The van der Waals surface area contributed by atoms with Crippen molar-refractivity contribution in [2.24, 2.45) is 0 Å². The van der Waals surface area contributed by atoms with Crippen molar-refractivity contribution in [1.29, 1.82) is 0 Å². The summed E-state index contributed by atoms with van der Waals surface area (Å²) in [5.41, 5.74) is 0.798. The maximum atomic E-state index is 11.7. The standard InChI is InChI=1S/C16H17NO5/c18-15(17-7-1-2-8-17)10-20-16(19)6-4-12-3-5-13-14(9-12)22-11-21-13/h3-6,9H,1-2,7-8,10-11H2. The molecule has 1 fully saturated rings. The summed E-state index contributed by atoms with van der Waals surface area (Å²) >= 11 is 0. The number of carbonyl (C=O) groups excluding carboxylic acids is 2. The van der Waals surface area contributed by atoms with Crippen LogP contribution >= 0.6 is 0 Å². The number of ether oxygens (including phenoxy) is 3. The molecule has 0 spiro atoms. The Labute approximate surface area is 128 Å². The molecule has 0 N–H and O–H groups in total. The van der Waals surface area contributed by atoms with Crippen LogP contribution in [0.5, 0.6) is 11.5 Å². The second-order valence-corrected chi connectivity index (χ2v) is 5.14. The molecule has 0 unspecified atom stereocenters. The molecule has 0 atom stereocenters. The number of benzene rings is 1. The molecule has 116 valence electrons. The van der Waals surface area contributed by atoms with Crippen molar-refractivity contribution < 1.29 is 23.8 Å². The lowest BCUT2D eigenvalue weighted by Crippen LogP contribution is -2.31. The van der Waals surface area contributed by atoms with Gasteiger partial charge in [-0.15, -0.1) is 0 Å². The average Bonchev–Trinajstić information content (AvgIpc) is 3.20. The predicted molar refractivity (Wildman–Crippen MR) is 78.4 cm³/mol. The maximum absolute atomic E-state index is 11.7. The van der Waals surface area contributed by atoms with Gasteiger partial charge >= 0.3 is 5.97 Å². The minimum Gasteiger partial charge on any atom is -0.454 e. The zero-order chi connectivity index (χ0) is 15.4. The van der Waals surface area contributed by atoms with E-state index in [0.29, 0.717) is 11.5 Å². The molecule has 1 amide bonds. The first kappa shape index (κ1) is 14.4. The maximum Gasteiger partial charge on any atom is 0.331 e. The van der Waals surface area contributed by atoms with Gasteiger partial charge in [-0.3, -0.25) is 4.79 Å². The molecule has 6 heteroatoms. The van der Waals surface area contributed by atoms with Crippen LogP contribution in [0.4, 0.5) is 0 Å². The number of carbonyl (C=O) groups is 2. The number of rotatable bonds is 4. The Morgan fingerprint density at radius 1 is 1.18 bits per heavy atom. The molecule has 2 aliphatic heterocycles. The Bertz CT molecular complexity index is 605. The molecule has 0 bridgehead atoms. The molecule has 0 saturated carbocycles. The van der Waals surface area contributed by atoms with Crippen LogP contribution in [0.15, 0.2) is 24.3 Å². The van der Waals surface area contributed by atoms with Gasteiger partial charge in [-0.25, -0.2) is 4.79 Å². The van der Waals surface area contributed by atoms with E-state index in [2.05, 4.69) is 0 Å². The molecule has 6 nitrogen and oxygen atoms in total. The number of likely N-dealkylation sites (tertiary alicyclic amines) is 1. The summed E-state index contributed by atoms with van der Waals surface area (Å²) in [5, 5.41) is 0. The molecule has 1 aromatic carbocycles. The van der Waals surface area contributed by atoms with Crippen LogP contribution in [-0.4, -0.2) is 43.3 Å². The lowest BCUT2D eigenvalue weighted by Gasteiger charge is -2.14. The van der Waals surface area contributed by atoms with Crippen LogP contribution < -0.4 is 9.47 Å². The summed E-state index contributed by atoms with van der Waals surface area (Å²) in [6.07, 6.45) is 4.95. The first-order chi connectivity index (χ1) is 10.7. The summed E-state index contributed by atoms with van der Waals surface area (Å²) in [6.45, 7) is 1.51. The zero-order valence-corrected chi connectivity index (χ0v) is 12.1. The van der Waals surface area contributed by atoms with Crippen molar-refractivity contribution in [2.75, 3.05) is 26.5 Å². The highest BCUT2D eigenvalue weighted by Crippen LogP contribution is 2.32. The van der Waals surface area contributed by atoms with Crippen molar-refractivity contribution in [3.8, 4) is 11.5 Å².